The highest BCUT2D eigenvalue weighted by molar-refractivity contribution is 5.94. The first-order chi connectivity index (χ1) is 11.7. The molecular weight excluding hydrogens is 300 g/mol. The number of nitrogens with one attached hydrogen (secondary N) is 1. The SMILES string of the molecule is Cn1c(=O)c(C#N)c(N2CCC3(CCNC3)CC2)c2ccccc21. The number of hydrogen-bond donors (Lipinski definition) is 1. The van der Waals surface area contributed by atoms with Crippen LogP contribution in [0.4, 0.5) is 5.69 Å². The van der Waals surface area contributed by atoms with Gasteiger partial charge < -0.3 is 14.8 Å². The number of rotatable bonds is 1. The lowest BCUT2D eigenvalue weighted by molar-refractivity contribution is 0.247. The molecule has 5 heteroatoms. The molecule has 0 aliphatic carbocycles. The summed E-state index contributed by atoms with van der Waals surface area (Å²) in [5.41, 5.74) is 2.21. The summed E-state index contributed by atoms with van der Waals surface area (Å²) < 4.78 is 1.59. The van der Waals surface area contributed by atoms with Crippen LogP contribution >= 0.6 is 0 Å². The fraction of sp³-hybridized carbons (Fsp3) is 0.474. The largest absolute Gasteiger partial charge is 0.370 e. The zero-order valence-corrected chi connectivity index (χ0v) is 14.0. The molecule has 1 N–H and O–H groups in total. The highest BCUT2D eigenvalue weighted by Gasteiger charge is 2.38. The Morgan fingerprint density at radius 1 is 1.21 bits per heavy atom. The maximum absolute atomic E-state index is 12.6. The van der Waals surface area contributed by atoms with Gasteiger partial charge in [-0.25, -0.2) is 0 Å². The molecule has 2 saturated heterocycles. The van der Waals surface area contributed by atoms with Crippen LogP contribution in [0.2, 0.25) is 0 Å². The molecule has 2 aromatic rings. The van der Waals surface area contributed by atoms with Gasteiger partial charge in [-0.3, -0.25) is 4.79 Å². The molecule has 2 aliphatic heterocycles. The number of pyridine rings is 1. The molecule has 1 aromatic heterocycles. The van der Waals surface area contributed by atoms with Crippen LogP contribution in [0.3, 0.4) is 0 Å². The second-order valence-corrected chi connectivity index (χ2v) is 7.13. The van der Waals surface area contributed by atoms with Gasteiger partial charge in [-0.05, 0) is 37.3 Å². The van der Waals surface area contributed by atoms with E-state index in [2.05, 4.69) is 16.3 Å². The smallest absolute Gasteiger partial charge is 0.270 e. The number of piperidine rings is 1. The molecule has 124 valence electrons. The van der Waals surface area contributed by atoms with Crippen LogP contribution in [-0.2, 0) is 7.05 Å². The van der Waals surface area contributed by atoms with Crippen molar-refractivity contribution in [2.45, 2.75) is 19.3 Å². The van der Waals surface area contributed by atoms with Crippen molar-refractivity contribution in [2.75, 3.05) is 31.1 Å². The molecule has 0 radical (unpaired) electrons. The first-order valence-corrected chi connectivity index (χ1v) is 8.63. The van der Waals surface area contributed by atoms with Crippen molar-refractivity contribution in [3.63, 3.8) is 0 Å². The van der Waals surface area contributed by atoms with E-state index < -0.39 is 0 Å². The topological polar surface area (TPSA) is 61.1 Å². The van der Waals surface area contributed by atoms with E-state index in [4.69, 9.17) is 0 Å². The lowest BCUT2D eigenvalue weighted by Gasteiger charge is -2.40. The summed E-state index contributed by atoms with van der Waals surface area (Å²) in [5, 5.41) is 14.1. The van der Waals surface area contributed by atoms with Gasteiger partial charge in [-0.1, -0.05) is 18.2 Å². The van der Waals surface area contributed by atoms with E-state index in [9.17, 15) is 10.1 Å². The maximum Gasteiger partial charge on any atom is 0.270 e. The summed E-state index contributed by atoms with van der Waals surface area (Å²) in [6.45, 7) is 4.03. The van der Waals surface area contributed by atoms with Crippen molar-refractivity contribution in [3.8, 4) is 6.07 Å². The number of fused-ring (bicyclic) bond motifs is 1. The third-order valence-corrected chi connectivity index (χ3v) is 5.86. The van der Waals surface area contributed by atoms with Gasteiger partial charge in [0.15, 0.2) is 0 Å². The molecule has 0 bridgehead atoms. The Morgan fingerprint density at radius 2 is 1.96 bits per heavy atom. The second-order valence-electron chi connectivity index (χ2n) is 7.13. The van der Waals surface area contributed by atoms with Gasteiger partial charge in [0.25, 0.3) is 5.56 Å². The molecule has 1 aromatic carbocycles. The Kier molecular flexibility index (Phi) is 3.58. The average Bonchev–Trinajstić information content (AvgIpc) is 3.07. The summed E-state index contributed by atoms with van der Waals surface area (Å²) >= 11 is 0. The Labute approximate surface area is 141 Å². The summed E-state index contributed by atoms with van der Waals surface area (Å²) in [7, 11) is 1.74. The van der Waals surface area contributed by atoms with Crippen LogP contribution in [0.1, 0.15) is 24.8 Å². The average molecular weight is 322 g/mol. The number of benzene rings is 1. The fourth-order valence-corrected chi connectivity index (χ4v) is 4.34. The molecule has 24 heavy (non-hydrogen) atoms. The van der Waals surface area contributed by atoms with E-state index in [1.165, 1.54) is 6.42 Å². The van der Waals surface area contributed by atoms with Crippen LogP contribution in [0, 0.1) is 16.7 Å². The van der Waals surface area contributed by atoms with E-state index in [0.717, 1.165) is 55.6 Å². The Balaban J connectivity index is 1.81. The molecule has 3 heterocycles. The van der Waals surface area contributed by atoms with Gasteiger partial charge in [0, 0.05) is 32.1 Å². The van der Waals surface area contributed by atoms with Gasteiger partial charge in [0.1, 0.15) is 11.6 Å². The van der Waals surface area contributed by atoms with E-state index in [-0.39, 0.29) is 11.1 Å². The van der Waals surface area contributed by atoms with Crippen LogP contribution in [0.15, 0.2) is 29.1 Å². The third kappa shape index (κ3) is 2.22. The molecule has 0 atom stereocenters. The molecule has 2 aliphatic rings. The number of aromatic nitrogens is 1. The zero-order valence-electron chi connectivity index (χ0n) is 14.0. The Morgan fingerprint density at radius 3 is 2.62 bits per heavy atom. The van der Waals surface area contributed by atoms with Crippen molar-refractivity contribution >= 4 is 16.6 Å². The first kappa shape index (κ1) is 15.2. The molecule has 0 unspecified atom stereocenters. The van der Waals surface area contributed by atoms with Crippen molar-refractivity contribution in [2.24, 2.45) is 12.5 Å². The highest BCUT2D eigenvalue weighted by atomic mass is 16.1. The number of aryl methyl sites for hydroxylation is 1. The second kappa shape index (κ2) is 5.64. The third-order valence-electron chi connectivity index (χ3n) is 5.86. The van der Waals surface area contributed by atoms with Gasteiger partial charge in [-0.15, -0.1) is 0 Å². The normalized spacial score (nSPS) is 19.8. The van der Waals surface area contributed by atoms with Crippen molar-refractivity contribution in [1.29, 1.82) is 5.26 Å². The van der Waals surface area contributed by atoms with Gasteiger partial charge in [0.2, 0.25) is 0 Å². The minimum atomic E-state index is -0.200. The highest BCUT2D eigenvalue weighted by Crippen LogP contribution is 2.40. The van der Waals surface area contributed by atoms with Gasteiger partial charge in [-0.2, -0.15) is 5.26 Å². The van der Waals surface area contributed by atoms with Crippen LogP contribution < -0.4 is 15.8 Å². The van der Waals surface area contributed by atoms with Crippen LogP contribution in [-0.4, -0.2) is 30.7 Å². The van der Waals surface area contributed by atoms with E-state index in [1.54, 1.807) is 11.6 Å². The standard InChI is InChI=1S/C19H22N4O/c1-22-16-5-3-2-4-14(16)17(15(12-20)18(22)24)23-10-7-19(8-11-23)6-9-21-13-19/h2-5,21H,6-11,13H2,1H3. The molecule has 0 amide bonds. The number of nitrogens with zero attached hydrogens (tertiary/aromatic N) is 3. The summed E-state index contributed by atoms with van der Waals surface area (Å²) in [5.74, 6) is 0. The molecular formula is C19H22N4O. The summed E-state index contributed by atoms with van der Waals surface area (Å²) in [4.78, 5) is 14.9. The van der Waals surface area contributed by atoms with Crippen molar-refractivity contribution in [3.05, 3.63) is 40.2 Å². The number of hydrogen-bond acceptors (Lipinski definition) is 4. The van der Waals surface area contributed by atoms with E-state index >= 15 is 0 Å². The van der Waals surface area contributed by atoms with Crippen LogP contribution in [0.25, 0.3) is 10.9 Å². The quantitative estimate of drug-likeness (QED) is 0.872. The summed E-state index contributed by atoms with van der Waals surface area (Å²) in [6, 6.07) is 10.1. The first-order valence-electron chi connectivity index (χ1n) is 8.63. The molecule has 5 nitrogen and oxygen atoms in total. The lowest BCUT2D eigenvalue weighted by Crippen LogP contribution is -2.42. The number of nitriles is 1. The molecule has 0 saturated carbocycles. The van der Waals surface area contributed by atoms with Crippen molar-refractivity contribution < 1.29 is 0 Å². The minimum absolute atomic E-state index is 0.200. The molecule has 2 fully saturated rings. The van der Waals surface area contributed by atoms with E-state index in [1.807, 2.05) is 24.3 Å². The predicted octanol–water partition coefficient (Wildman–Crippen LogP) is 1.99. The minimum Gasteiger partial charge on any atom is -0.370 e. The predicted molar refractivity (Wildman–Crippen MR) is 95.3 cm³/mol. The van der Waals surface area contributed by atoms with Crippen molar-refractivity contribution in [1.82, 2.24) is 9.88 Å². The fourth-order valence-electron chi connectivity index (χ4n) is 4.34. The lowest BCUT2D eigenvalue weighted by atomic mass is 9.77. The Bertz CT molecular complexity index is 877. The van der Waals surface area contributed by atoms with Gasteiger partial charge >= 0.3 is 0 Å². The zero-order chi connectivity index (χ0) is 16.7. The molecule has 4 rings (SSSR count). The summed E-state index contributed by atoms with van der Waals surface area (Å²) in [6.07, 6.45) is 3.48. The van der Waals surface area contributed by atoms with E-state index in [0.29, 0.717) is 5.41 Å². The van der Waals surface area contributed by atoms with Crippen LogP contribution in [0.5, 0.6) is 0 Å². The molecule has 1 spiro atoms. The monoisotopic (exact) mass is 322 g/mol. The number of para-hydroxylation sites is 1. The maximum atomic E-state index is 12.6. The number of anilines is 1. The Hall–Kier alpha value is -2.32. The van der Waals surface area contributed by atoms with Gasteiger partial charge in [0.05, 0.1) is 11.2 Å².